The Morgan fingerprint density at radius 1 is 1.14 bits per heavy atom. The average molecular weight is 500 g/mol. The zero-order valence-corrected chi connectivity index (χ0v) is 21.9. The Morgan fingerprint density at radius 2 is 1.97 bits per heavy atom. The lowest BCUT2D eigenvalue weighted by Crippen LogP contribution is -2.51. The summed E-state index contributed by atoms with van der Waals surface area (Å²) in [7, 11) is 0. The van der Waals surface area contributed by atoms with E-state index in [0.717, 1.165) is 88.5 Å². The predicted octanol–water partition coefficient (Wildman–Crippen LogP) is 5.50. The maximum Gasteiger partial charge on any atom is 0.213 e. The third-order valence-corrected chi connectivity index (χ3v) is 7.71. The van der Waals surface area contributed by atoms with Crippen LogP contribution in [-0.4, -0.2) is 50.7 Å². The Bertz CT molecular complexity index is 1420. The van der Waals surface area contributed by atoms with E-state index in [-0.39, 0.29) is 6.10 Å². The molecule has 0 saturated carbocycles. The molecular formula is C29H33N5O3. The third kappa shape index (κ3) is 4.45. The lowest BCUT2D eigenvalue weighted by Gasteiger charge is -2.43. The first kappa shape index (κ1) is 23.9. The first-order chi connectivity index (χ1) is 17.9. The summed E-state index contributed by atoms with van der Waals surface area (Å²) in [4.78, 5) is 2.44. The van der Waals surface area contributed by atoms with Crippen molar-refractivity contribution in [2.24, 2.45) is 0 Å². The van der Waals surface area contributed by atoms with Crippen molar-refractivity contribution in [3.8, 4) is 22.8 Å². The molecule has 0 unspecified atom stereocenters. The Labute approximate surface area is 217 Å². The van der Waals surface area contributed by atoms with Gasteiger partial charge in [-0.3, -0.25) is 5.10 Å². The van der Waals surface area contributed by atoms with Crippen LogP contribution in [0.15, 0.2) is 42.6 Å². The largest absolute Gasteiger partial charge is 0.486 e. The number of aryl methyl sites for hydroxylation is 2. The molecule has 4 aromatic rings. The summed E-state index contributed by atoms with van der Waals surface area (Å²) in [5.41, 5.74) is 6.93. The van der Waals surface area contributed by atoms with Gasteiger partial charge in [-0.15, -0.1) is 0 Å². The van der Waals surface area contributed by atoms with Gasteiger partial charge < -0.3 is 19.1 Å². The van der Waals surface area contributed by atoms with Gasteiger partial charge >= 0.3 is 0 Å². The maximum atomic E-state index is 6.43. The molecule has 1 spiro atoms. The highest BCUT2D eigenvalue weighted by molar-refractivity contribution is 5.94. The molecule has 8 heteroatoms. The summed E-state index contributed by atoms with van der Waals surface area (Å²) in [5.74, 6) is 1.20. The molecular weight excluding hydrogens is 466 g/mol. The normalized spacial score (nSPS) is 17.9. The summed E-state index contributed by atoms with van der Waals surface area (Å²) in [6, 6.07) is 12.3. The molecule has 192 valence electrons. The summed E-state index contributed by atoms with van der Waals surface area (Å²) in [6.07, 6.45) is 3.40. The van der Waals surface area contributed by atoms with E-state index in [0.29, 0.717) is 6.61 Å². The number of hydrogen-bond acceptors (Lipinski definition) is 7. The quantitative estimate of drug-likeness (QED) is 0.388. The number of aromatic amines is 1. The van der Waals surface area contributed by atoms with Crippen molar-refractivity contribution >= 4 is 10.9 Å². The lowest BCUT2D eigenvalue weighted by atomic mass is 9.99. The van der Waals surface area contributed by atoms with Crippen molar-refractivity contribution in [2.75, 3.05) is 19.6 Å². The minimum atomic E-state index is -0.497. The number of nitrogens with zero attached hydrogens (tertiary/aromatic N) is 4. The highest BCUT2D eigenvalue weighted by atomic mass is 16.7. The van der Waals surface area contributed by atoms with Crippen molar-refractivity contribution in [3.05, 3.63) is 65.0 Å². The summed E-state index contributed by atoms with van der Waals surface area (Å²) < 4.78 is 19.1. The second kappa shape index (κ2) is 9.43. The van der Waals surface area contributed by atoms with Crippen LogP contribution in [0.25, 0.3) is 22.2 Å². The first-order valence-corrected chi connectivity index (χ1v) is 13.1. The molecule has 0 radical (unpaired) electrons. The summed E-state index contributed by atoms with van der Waals surface area (Å²) in [6.45, 7) is 11.9. The van der Waals surface area contributed by atoms with Crippen LogP contribution in [0.5, 0.6) is 11.5 Å². The molecule has 37 heavy (non-hydrogen) atoms. The topological polar surface area (TPSA) is 85.4 Å². The molecule has 2 aliphatic heterocycles. The summed E-state index contributed by atoms with van der Waals surface area (Å²) in [5, 5.41) is 17.0. The number of aromatic nitrogens is 4. The second-order valence-electron chi connectivity index (χ2n) is 10.1. The molecule has 2 aliphatic rings. The standard InChI is InChI=1S/C29H33N5O3/c1-5-34-12-10-29(11-13-34)35-17-22-14-21(6-9-26(22)37-29)28-24-15-23(7-8-25(24)32-33-28)36-20(4)27-18(2)16-30-31-19(27)3/h6-9,14-16,20H,5,10-13,17H2,1-4H3,(H,32,33)/t20-/m1/s1. The van der Waals surface area contributed by atoms with Crippen LogP contribution in [0.2, 0.25) is 0 Å². The van der Waals surface area contributed by atoms with Gasteiger partial charge in [0, 0.05) is 48.0 Å². The molecule has 1 saturated heterocycles. The number of benzene rings is 2. The van der Waals surface area contributed by atoms with E-state index in [1.165, 1.54) is 0 Å². The minimum absolute atomic E-state index is 0.155. The van der Waals surface area contributed by atoms with E-state index in [2.05, 4.69) is 50.4 Å². The molecule has 2 aromatic carbocycles. The van der Waals surface area contributed by atoms with Gasteiger partial charge in [0.15, 0.2) is 0 Å². The van der Waals surface area contributed by atoms with Crippen molar-refractivity contribution in [2.45, 2.75) is 59.0 Å². The molecule has 2 aromatic heterocycles. The van der Waals surface area contributed by atoms with Gasteiger partial charge in [0.1, 0.15) is 23.3 Å². The number of fused-ring (bicyclic) bond motifs is 2. The van der Waals surface area contributed by atoms with Crippen LogP contribution in [0.3, 0.4) is 0 Å². The fourth-order valence-electron chi connectivity index (χ4n) is 5.61. The van der Waals surface area contributed by atoms with E-state index in [1.54, 1.807) is 6.20 Å². The number of likely N-dealkylation sites (tertiary alicyclic amines) is 1. The number of ether oxygens (including phenoxy) is 3. The molecule has 0 aliphatic carbocycles. The number of rotatable bonds is 5. The molecule has 1 fully saturated rings. The fourth-order valence-corrected chi connectivity index (χ4v) is 5.61. The van der Waals surface area contributed by atoms with Crippen molar-refractivity contribution in [1.82, 2.24) is 25.3 Å². The summed E-state index contributed by atoms with van der Waals surface area (Å²) >= 11 is 0. The average Bonchev–Trinajstić information content (AvgIpc) is 3.32. The lowest BCUT2D eigenvalue weighted by molar-refractivity contribution is -0.227. The van der Waals surface area contributed by atoms with Crippen molar-refractivity contribution in [1.29, 1.82) is 0 Å². The third-order valence-electron chi connectivity index (χ3n) is 7.71. The van der Waals surface area contributed by atoms with Crippen molar-refractivity contribution < 1.29 is 14.2 Å². The highest BCUT2D eigenvalue weighted by Gasteiger charge is 2.40. The zero-order chi connectivity index (χ0) is 25.6. The van der Waals surface area contributed by atoms with Gasteiger partial charge in [0.2, 0.25) is 5.79 Å². The second-order valence-corrected chi connectivity index (χ2v) is 10.1. The van der Waals surface area contributed by atoms with Gasteiger partial charge in [-0.25, -0.2) is 0 Å². The van der Waals surface area contributed by atoms with Gasteiger partial charge in [-0.2, -0.15) is 15.3 Å². The van der Waals surface area contributed by atoms with E-state index in [1.807, 2.05) is 39.0 Å². The smallest absolute Gasteiger partial charge is 0.213 e. The number of hydrogen-bond donors (Lipinski definition) is 1. The van der Waals surface area contributed by atoms with Crippen LogP contribution in [-0.2, 0) is 11.3 Å². The Kier molecular flexibility index (Phi) is 6.09. The van der Waals surface area contributed by atoms with Gasteiger partial charge in [0.25, 0.3) is 0 Å². The van der Waals surface area contributed by atoms with Crippen LogP contribution < -0.4 is 9.47 Å². The molecule has 4 heterocycles. The van der Waals surface area contributed by atoms with Crippen molar-refractivity contribution in [3.63, 3.8) is 0 Å². The van der Waals surface area contributed by atoms with E-state index < -0.39 is 5.79 Å². The number of piperidine rings is 1. The molecule has 6 rings (SSSR count). The molecule has 1 atom stereocenters. The highest BCUT2D eigenvalue weighted by Crippen LogP contribution is 2.40. The number of H-pyrrole nitrogens is 1. The van der Waals surface area contributed by atoms with Gasteiger partial charge in [-0.05, 0) is 69.3 Å². The molecule has 8 nitrogen and oxygen atoms in total. The molecule has 0 bridgehead atoms. The number of nitrogens with one attached hydrogen (secondary N) is 1. The van der Waals surface area contributed by atoms with Crippen LogP contribution in [0.1, 0.15) is 55.2 Å². The van der Waals surface area contributed by atoms with E-state index in [4.69, 9.17) is 14.2 Å². The van der Waals surface area contributed by atoms with E-state index in [9.17, 15) is 0 Å². The Morgan fingerprint density at radius 3 is 2.76 bits per heavy atom. The van der Waals surface area contributed by atoms with Crippen LogP contribution in [0.4, 0.5) is 0 Å². The fraction of sp³-hybridized carbons (Fsp3) is 0.414. The Balaban J connectivity index is 1.25. The monoisotopic (exact) mass is 499 g/mol. The van der Waals surface area contributed by atoms with Crippen LogP contribution in [0, 0.1) is 13.8 Å². The molecule has 1 N–H and O–H groups in total. The maximum absolute atomic E-state index is 6.43. The molecule has 0 amide bonds. The first-order valence-electron chi connectivity index (χ1n) is 13.1. The Hall–Kier alpha value is -3.49. The van der Waals surface area contributed by atoms with E-state index >= 15 is 0 Å². The SMILES string of the molecule is CCN1CCC2(CC1)OCc1cc(-c3n[nH]c4ccc(O[C@H](C)c5c(C)cnnc5C)cc34)ccc1O2. The minimum Gasteiger partial charge on any atom is -0.486 e. The van der Waals surface area contributed by atoms with Crippen LogP contribution >= 0.6 is 0 Å². The zero-order valence-electron chi connectivity index (χ0n) is 21.9. The van der Waals surface area contributed by atoms with Gasteiger partial charge in [-0.1, -0.05) is 6.92 Å². The van der Waals surface area contributed by atoms with Gasteiger partial charge in [0.05, 0.1) is 24.0 Å². The predicted molar refractivity (Wildman–Crippen MR) is 142 cm³/mol.